The van der Waals surface area contributed by atoms with Crippen molar-refractivity contribution in [2.24, 2.45) is 11.8 Å². The van der Waals surface area contributed by atoms with Gasteiger partial charge in [-0.05, 0) is 69.5 Å². The number of carbonyl (C=O) groups is 1. The van der Waals surface area contributed by atoms with E-state index in [9.17, 15) is 9.90 Å². The van der Waals surface area contributed by atoms with Crippen LogP contribution in [0.15, 0.2) is 54.6 Å². The predicted molar refractivity (Wildman–Crippen MR) is 121 cm³/mol. The molecule has 0 radical (unpaired) electrons. The summed E-state index contributed by atoms with van der Waals surface area (Å²) in [4.78, 5) is 14.8. The number of esters is 1. The molecule has 1 aliphatic carbocycles. The summed E-state index contributed by atoms with van der Waals surface area (Å²) in [6.45, 7) is 4.89. The van der Waals surface area contributed by atoms with Crippen molar-refractivity contribution in [2.45, 2.75) is 51.0 Å². The number of benzene rings is 2. The maximum absolute atomic E-state index is 12.7. The lowest BCUT2D eigenvalue weighted by molar-refractivity contribution is -0.135. The molecule has 4 atom stereocenters. The van der Waals surface area contributed by atoms with E-state index in [4.69, 9.17) is 4.74 Å². The van der Waals surface area contributed by atoms with Crippen molar-refractivity contribution in [2.75, 3.05) is 20.6 Å². The van der Waals surface area contributed by atoms with Crippen molar-refractivity contribution in [3.8, 4) is 5.75 Å². The average Bonchev–Trinajstić information content (AvgIpc) is 2.75. The van der Waals surface area contributed by atoms with E-state index in [1.165, 1.54) is 0 Å². The van der Waals surface area contributed by atoms with Crippen molar-refractivity contribution in [1.29, 1.82) is 0 Å². The van der Waals surface area contributed by atoms with E-state index in [-0.39, 0.29) is 17.8 Å². The fourth-order valence-corrected chi connectivity index (χ4v) is 4.68. The van der Waals surface area contributed by atoms with E-state index in [1.54, 1.807) is 6.07 Å². The Morgan fingerprint density at radius 1 is 1.17 bits per heavy atom. The van der Waals surface area contributed by atoms with Gasteiger partial charge in [-0.1, -0.05) is 55.8 Å². The summed E-state index contributed by atoms with van der Waals surface area (Å²) in [7, 11) is 4.10. The molecule has 0 aromatic heterocycles. The Hall–Kier alpha value is -2.17. The maximum Gasteiger partial charge on any atom is 0.318 e. The zero-order chi connectivity index (χ0) is 21.7. The molecule has 1 N–H and O–H groups in total. The second-order valence-electron chi connectivity index (χ2n) is 9.02. The second-order valence-corrected chi connectivity index (χ2v) is 9.02. The SMILES string of the molecule is CCC1CC[C@H](CN(C)C)[C@@](O)(c2cccc(OC(=O)[C@@H](C)c3ccccc3)c2)C1. The highest BCUT2D eigenvalue weighted by Crippen LogP contribution is 2.46. The highest BCUT2D eigenvalue weighted by Gasteiger charge is 2.43. The van der Waals surface area contributed by atoms with Crippen LogP contribution in [0.5, 0.6) is 5.75 Å². The molecule has 4 nitrogen and oxygen atoms in total. The summed E-state index contributed by atoms with van der Waals surface area (Å²) in [5.41, 5.74) is 0.878. The molecule has 0 aliphatic heterocycles. The molecule has 4 heteroatoms. The first-order valence-corrected chi connectivity index (χ1v) is 11.1. The number of rotatable bonds is 7. The zero-order valence-electron chi connectivity index (χ0n) is 18.7. The number of nitrogens with zero attached hydrogens (tertiary/aromatic N) is 1. The summed E-state index contributed by atoms with van der Waals surface area (Å²) >= 11 is 0. The molecular formula is C26H35NO3. The minimum absolute atomic E-state index is 0.157. The third kappa shape index (κ3) is 5.11. The molecule has 0 amide bonds. The standard InChI is InChI=1S/C26H35NO3/c1-5-20-14-15-23(18-27(3)4)26(29,17-20)22-12-9-13-24(16-22)30-25(28)19(2)21-10-7-6-8-11-21/h6-13,16,19-20,23,29H,5,14-15,17-18H2,1-4H3/t19-,20?,23+,26-/m0/s1. The summed E-state index contributed by atoms with van der Waals surface area (Å²) in [6, 6.07) is 17.2. The van der Waals surface area contributed by atoms with Crippen LogP contribution in [-0.4, -0.2) is 36.6 Å². The van der Waals surface area contributed by atoms with Crippen molar-refractivity contribution < 1.29 is 14.6 Å². The molecule has 30 heavy (non-hydrogen) atoms. The first-order valence-electron chi connectivity index (χ1n) is 11.1. The van der Waals surface area contributed by atoms with Crippen molar-refractivity contribution >= 4 is 5.97 Å². The number of ether oxygens (including phenoxy) is 1. The number of carbonyl (C=O) groups excluding carboxylic acids is 1. The molecule has 2 aromatic carbocycles. The highest BCUT2D eigenvalue weighted by molar-refractivity contribution is 5.79. The summed E-state index contributed by atoms with van der Waals surface area (Å²) in [5.74, 6) is 0.530. The largest absolute Gasteiger partial charge is 0.426 e. The van der Waals surface area contributed by atoms with Gasteiger partial charge in [0.05, 0.1) is 11.5 Å². The molecule has 0 heterocycles. The van der Waals surface area contributed by atoms with Gasteiger partial charge in [-0.3, -0.25) is 4.79 Å². The highest BCUT2D eigenvalue weighted by atomic mass is 16.5. The van der Waals surface area contributed by atoms with Crippen LogP contribution >= 0.6 is 0 Å². The van der Waals surface area contributed by atoms with E-state index in [0.29, 0.717) is 11.7 Å². The van der Waals surface area contributed by atoms with Gasteiger partial charge in [0, 0.05) is 12.5 Å². The fraction of sp³-hybridized carbons (Fsp3) is 0.500. The Bertz CT molecular complexity index is 835. The van der Waals surface area contributed by atoms with Crippen LogP contribution in [0.3, 0.4) is 0 Å². The Labute approximate surface area is 180 Å². The number of hydrogen-bond donors (Lipinski definition) is 1. The van der Waals surface area contributed by atoms with Gasteiger partial charge >= 0.3 is 5.97 Å². The van der Waals surface area contributed by atoms with Crippen LogP contribution in [0, 0.1) is 11.8 Å². The van der Waals surface area contributed by atoms with Gasteiger partial charge in [0.25, 0.3) is 0 Å². The maximum atomic E-state index is 12.7. The smallest absolute Gasteiger partial charge is 0.318 e. The van der Waals surface area contributed by atoms with E-state index in [0.717, 1.165) is 43.4 Å². The third-order valence-electron chi connectivity index (χ3n) is 6.57. The van der Waals surface area contributed by atoms with Gasteiger partial charge in [-0.15, -0.1) is 0 Å². The molecule has 3 rings (SSSR count). The number of hydrogen-bond acceptors (Lipinski definition) is 4. The first-order chi connectivity index (χ1) is 14.3. The topological polar surface area (TPSA) is 49.8 Å². The molecule has 2 aromatic rings. The first kappa shape index (κ1) is 22.5. The Morgan fingerprint density at radius 2 is 1.90 bits per heavy atom. The van der Waals surface area contributed by atoms with Crippen LogP contribution < -0.4 is 4.74 Å². The summed E-state index contributed by atoms with van der Waals surface area (Å²) < 4.78 is 5.72. The number of aliphatic hydroxyl groups is 1. The van der Waals surface area contributed by atoms with Gasteiger partial charge in [0.15, 0.2) is 0 Å². The molecule has 1 unspecified atom stereocenters. The molecule has 1 saturated carbocycles. The molecule has 0 bridgehead atoms. The molecule has 1 fully saturated rings. The lowest BCUT2D eigenvalue weighted by Gasteiger charge is -2.44. The van der Waals surface area contributed by atoms with Gasteiger partial charge in [-0.25, -0.2) is 0 Å². The van der Waals surface area contributed by atoms with Crippen LogP contribution in [0.4, 0.5) is 0 Å². The van der Waals surface area contributed by atoms with Gasteiger partial charge < -0.3 is 14.7 Å². The summed E-state index contributed by atoms with van der Waals surface area (Å²) in [5, 5.41) is 11.8. The van der Waals surface area contributed by atoms with Crippen LogP contribution in [0.2, 0.25) is 0 Å². The van der Waals surface area contributed by atoms with E-state index in [1.807, 2.05) is 55.5 Å². The van der Waals surface area contributed by atoms with Crippen LogP contribution in [-0.2, 0) is 10.4 Å². The van der Waals surface area contributed by atoms with E-state index in [2.05, 4.69) is 25.9 Å². The lowest BCUT2D eigenvalue weighted by Crippen LogP contribution is -2.45. The van der Waals surface area contributed by atoms with Gasteiger partial charge in [0.2, 0.25) is 0 Å². The minimum atomic E-state index is -0.906. The predicted octanol–water partition coefficient (Wildman–Crippen LogP) is 4.97. The molecule has 1 aliphatic rings. The molecular weight excluding hydrogens is 374 g/mol. The van der Waals surface area contributed by atoms with Crippen molar-refractivity contribution in [1.82, 2.24) is 4.90 Å². The van der Waals surface area contributed by atoms with Gasteiger partial charge in [0.1, 0.15) is 5.75 Å². The Kier molecular flexibility index (Phi) is 7.32. The normalized spacial score (nSPS) is 25.1. The second kappa shape index (κ2) is 9.76. The molecule has 0 spiro atoms. The lowest BCUT2D eigenvalue weighted by atomic mass is 9.67. The van der Waals surface area contributed by atoms with Gasteiger partial charge in [-0.2, -0.15) is 0 Å². The molecule has 162 valence electrons. The monoisotopic (exact) mass is 409 g/mol. The van der Waals surface area contributed by atoms with Crippen molar-refractivity contribution in [3.63, 3.8) is 0 Å². The average molecular weight is 410 g/mol. The van der Waals surface area contributed by atoms with Crippen molar-refractivity contribution in [3.05, 3.63) is 65.7 Å². The van der Waals surface area contributed by atoms with E-state index >= 15 is 0 Å². The quantitative estimate of drug-likeness (QED) is 0.518. The third-order valence-corrected chi connectivity index (χ3v) is 6.57. The van der Waals surface area contributed by atoms with E-state index < -0.39 is 5.60 Å². The van der Waals surface area contributed by atoms with Crippen LogP contribution in [0.25, 0.3) is 0 Å². The zero-order valence-corrected chi connectivity index (χ0v) is 18.7. The van der Waals surface area contributed by atoms with Crippen LogP contribution in [0.1, 0.15) is 56.6 Å². The minimum Gasteiger partial charge on any atom is -0.426 e. The Morgan fingerprint density at radius 3 is 2.57 bits per heavy atom. The fourth-order valence-electron chi connectivity index (χ4n) is 4.68. The summed E-state index contributed by atoms with van der Waals surface area (Å²) in [6.07, 6.45) is 3.98. The molecule has 0 saturated heterocycles. The Balaban J connectivity index is 1.82.